The van der Waals surface area contributed by atoms with E-state index in [1.54, 1.807) is 36.4 Å². The van der Waals surface area contributed by atoms with Gasteiger partial charge in [-0.25, -0.2) is 4.39 Å². The molecule has 0 aliphatic heterocycles. The molecule has 0 saturated heterocycles. The fraction of sp³-hybridized carbons (Fsp3) is 0.167. The van der Waals surface area contributed by atoms with Crippen molar-refractivity contribution in [3.8, 4) is 0 Å². The maximum atomic E-state index is 12.9. The third-order valence-electron chi connectivity index (χ3n) is 4.62. The summed E-state index contributed by atoms with van der Waals surface area (Å²) in [6, 6.07) is 20.5. The van der Waals surface area contributed by atoms with Crippen LogP contribution in [0.2, 0.25) is 0 Å². The second-order valence-corrected chi connectivity index (χ2v) is 6.72. The molecule has 0 atom stereocenters. The van der Waals surface area contributed by atoms with Crippen molar-refractivity contribution >= 4 is 17.5 Å². The number of carbonyl (C=O) groups excluding carboxylic acids is 2. The quantitative estimate of drug-likeness (QED) is 0.619. The number of carbonyl (C=O) groups is 2. The highest BCUT2D eigenvalue weighted by atomic mass is 19.1. The molecule has 3 aromatic carbocycles. The van der Waals surface area contributed by atoms with Gasteiger partial charge in [0.2, 0.25) is 0 Å². The molecule has 2 amide bonds. The maximum absolute atomic E-state index is 12.9. The molecule has 0 spiro atoms. The molecule has 0 bridgehead atoms. The normalized spacial score (nSPS) is 10.4. The third-order valence-corrected chi connectivity index (χ3v) is 4.62. The fourth-order valence-corrected chi connectivity index (χ4v) is 2.90. The lowest BCUT2D eigenvalue weighted by molar-refractivity contribution is 0.0954. The van der Waals surface area contributed by atoms with Crippen molar-refractivity contribution < 1.29 is 14.0 Å². The van der Waals surface area contributed by atoms with Crippen LogP contribution in [0.25, 0.3) is 0 Å². The first kappa shape index (κ1) is 20.3. The lowest BCUT2D eigenvalue weighted by Gasteiger charge is -2.09. The van der Waals surface area contributed by atoms with Crippen LogP contribution in [-0.4, -0.2) is 18.4 Å². The molecule has 3 rings (SSSR count). The van der Waals surface area contributed by atoms with Gasteiger partial charge in [0.1, 0.15) is 5.82 Å². The lowest BCUT2D eigenvalue weighted by Crippen LogP contribution is -2.26. The van der Waals surface area contributed by atoms with Crippen LogP contribution in [0, 0.1) is 5.82 Å². The Balaban J connectivity index is 1.57. The lowest BCUT2D eigenvalue weighted by atomic mass is 10.1. The van der Waals surface area contributed by atoms with E-state index in [1.807, 2.05) is 24.3 Å². The largest absolute Gasteiger partial charge is 0.352 e. The molecule has 0 radical (unpaired) electrons. The summed E-state index contributed by atoms with van der Waals surface area (Å²) < 4.78 is 12.9. The second kappa shape index (κ2) is 9.64. The third kappa shape index (κ3) is 5.75. The summed E-state index contributed by atoms with van der Waals surface area (Å²) in [6.45, 7) is 2.49. The monoisotopic (exact) mass is 390 g/mol. The van der Waals surface area contributed by atoms with Gasteiger partial charge in [0, 0.05) is 23.4 Å². The van der Waals surface area contributed by atoms with E-state index in [0.29, 0.717) is 29.8 Å². The summed E-state index contributed by atoms with van der Waals surface area (Å²) >= 11 is 0. The summed E-state index contributed by atoms with van der Waals surface area (Å²) in [4.78, 5) is 24.9. The van der Waals surface area contributed by atoms with Gasteiger partial charge >= 0.3 is 0 Å². The van der Waals surface area contributed by atoms with Gasteiger partial charge in [-0.05, 0) is 66.4 Å². The molecule has 0 unspecified atom stereocenters. The van der Waals surface area contributed by atoms with Gasteiger partial charge in [-0.1, -0.05) is 37.3 Å². The molecular weight excluding hydrogens is 367 g/mol. The zero-order valence-corrected chi connectivity index (χ0v) is 16.2. The standard InChI is InChI=1S/C24H23FN2O2/c1-2-17-8-12-22(13-9-17)27-24(29)20-5-3-4-19(16-20)23(28)26-15-14-18-6-10-21(25)11-7-18/h3-13,16H,2,14-15H2,1H3,(H,26,28)(H,27,29). The van der Waals surface area contributed by atoms with Crippen molar-refractivity contribution in [3.05, 3.63) is 101 Å². The predicted molar refractivity (Wildman–Crippen MR) is 113 cm³/mol. The number of benzene rings is 3. The Labute approximate surface area is 169 Å². The van der Waals surface area contributed by atoms with Gasteiger partial charge in [-0.3, -0.25) is 9.59 Å². The van der Waals surface area contributed by atoms with Crippen LogP contribution in [0.3, 0.4) is 0 Å². The van der Waals surface area contributed by atoms with Crippen molar-refractivity contribution in [2.75, 3.05) is 11.9 Å². The maximum Gasteiger partial charge on any atom is 0.255 e. The molecule has 0 fully saturated rings. The Morgan fingerprint density at radius 3 is 2.10 bits per heavy atom. The van der Waals surface area contributed by atoms with E-state index in [2.05, 4.69) is 17.6 Å². The van der Waals surface area contributed by atoms with Crippen molar-refractivity contribution in [3.63, 3.8) is 0 Å². The number of aryl methyl sites for hydroxylation is 1. The minimum atomic E-state index is -0.283. The smallest absolute Gasteiger partial charge is 0.255 e. The van der Waals surface area contributed by atoms with E-state index in [1.165, 1.54) is 17.7 Å². The molecule has 29 heavy (non-hydrogen) atoms. The van der Waals surface area contributed by atoms with E-state index in [4.69, 9.17) is 0 Å². The number of nitrogens with one attached hydrogen (secondary N) is 2. The summed E-state index contributed by atoms with van der Waals surface area (Å²) in [5.41, 5.74) is 3.67. The zero-order chi connectivity index (χ0) is 20.6. The first-order valence-electron chi connectivity index (χ1n) is 9.58. The molecule has 2 N–H and O–H groups in total. The van der Waals surface area contributed by atoms with Crippen molar-refractivity contribution in [2.45, 2.75) is 19.8 Å². The molecule has 0 saturated carbocycles. The van der Waals surface area contributed by atoms with Gasteiger partial charge in [0.25, 0.3) is 11.8 Å². The Kier molecular flexibility index (Phi) is 6.74. The van der Waals surface area contributed by atoms with Crippen LogP contribution in [0.4, 0.5) is 10.1 Å². The Morgan fingerprint density at radius 2 is 1.45 bits per heavy atom. The number of rotatable bonds is 7. The molecule has 148 valence electrons. The first-order chi connectivity index (χ1) is 14.0. The number of hydrogen-bond donors (Lipinski definition) is 2. The highest BCUT2D eigenvalue weighted by molar-refractivity contribution is 6.06. The SMILES string of the molecule is CCc1ccc(NC(=O)c2cccc(C(=O)NCCc3ccc(F)cc3)c2)cc1. The van der Waals surface area contributed by atoms with Gasteiger partial charge < -0.3 is 10.6 Å². The van der Waals surface area contributed by atoms with Crippen molar-refractivity contribution in [1.29, 1.82) is 0 Å². The molecule has 0 aliphatic carbocycles. The average Bonchev–Trinajstić information content (AvgIpc) is 2.75. The Bertz CT molecular complexity index is 983. The summed E-state index contributed by atoms with van der Waals surface area (Å²) in [5.74, 6) is -0.807. The summed E-state index contributed by atoms with van der Waals surface area (Å²) in [6.07, 6.45) is 1.53. The molecule has 0 aromatic heterocycles. The average molecular weight is 390 g/mol. The minimum absolute atomic E-state index is 0.255. The van der Waals surface area contributed by atoms with Crippen LogP contribution in [-0.2, 0) is 12.8 Å². The van der Waals surface area contributed by atoms with E-state index in [9.17, 15) is 14.0 Å². The number of hydrogen-bond acceptors (Lipinski definition) is 2. The van der Waals surface area contributed by atoms with Crippen LogP contribution in [0.1, 0.15) is 38.8 Å². The Hall–Kier alpha value is -3.47. The van der Waals surface area contributed by atoms with Crippen LogP contribution in [0.5, 0.6) is 0 Å². The summed E-state index contributed by atoms with van der Waals surface area (Å²) in [7, 11) is 0. The molecule has 4 nitrogen and oxygen atoms in total. The van der Waals surface area contributed by atoms with Crippen LogP contribution in [0.15, 0.2) is 72.8 Å². The van der Waals surface area contributed by atoms with Crippen molar-refractivity contribution in [1.82, 2.24) is 5.32 Å². The number of amides is 2. The van der Waals surface area contributed by atoms with E-state index in [-0.39, 0.29) is 17.6 Å². The summed E-state index contributed by atoms with van der Waals surface area (Å²) in [5, 5.41) is 5.67. The molecule has 0 heterocycles. The predicted octanol–water partition coefficient (Wildman–Crippen LogP) is 4.61. The van der Waals surface area contributed by atoms with Crippen molar-refractivity contribution in [2.24, 2.45) is 0 Å². The first-order valence-corrected chi connectivity index (χ1v) is 9.58. The minimum Gasteiger partial charge on any atom is -0.352 e. The highest BCUT2D eigenvalue weighted by Gasteiger charge is 2.11. The Morgan fingerprint density at radius 1 is 0.828 bits per heavy atom. The van der Waals surface area contributed by atoms with Gasteiger partial charge in [0.05, 0.1) is 0 Å². The van der Waals surface area contributed by atoms with E-state index >= 15 is 0 Å². The van der Waals surface area contributed by atoms with Crippen LogP contribution < -0.4 is 10.6 Å². The molecule has 5 heteroatoms. The highest BCUT2D eigenvalue weighted by Crippen LogP contribution is 2.13. The fourth-order valence-electron chi connectivity index (χ4n) is 2.90. The molecule has 0 aliphatic rings. The molecular formula is C24H23FN2O2. The van der Waals surface area contributed by atoms with E-state index in [0.717, 1.165) is 12.0 Å². The number of halogens is 1. The molecule has 3 aromatic rings. The second-order valence-electron chi connectivity index (χ2n) is 6.72. The topological polar surface area (TPSA) is 58.2 Å². The number of anilines is 1. The zero-order valence-electron chi connectivity index (χ0n) is 16.2. The van der Waals surface area contributed by atoms with Crippen LogP contribution >= 0.6 is 0 Å². The van der Waals surface area contributed by atoms with Gasteiger partial charge in [0.15, 0.2) is 0 Å². The van der Waals surface area contributed by atoms with Gasteiger partial charge in [-0.2, -0.15) is 0 Å². The van der Waals surface area contributed by atoms with E-state index < -0.39 is 0 Å². The van der Waals surface area contributed by atoms with Gasteiger partial charge in [-0.15, -0.1) is 0 Å².